The summed E-state index contributed by atoms with van der Waals surface area (Å²) in [6, 6.07) is 27.1. The van der Waals surface area contributed by atoms with E-state index in [9.17, 15) is 19.5 Å². The van der Waals surface area contributed by atoms with Crippen molar-refractivity contribution in [2.45, 2.75) is 57.6 Å². The van der Waals surface area contributed by atoms with Gasteiger partial charge < -0.3 is 19.3 Å². The molecule has 8 heteroatoms. The highest BCUT2D eigenvalue weighted by molar-refractivity contribution is 5.81. The number of ether oxygens (including phenoxy) is 3. The van der Waals surface area contributed by atoms with Crippen LogP contribution in [0.15, 0.2) is 91.0 Å². The van der Waals surface area contributed by atoms with Crippen LogP contribution in [-0.2, 0) is 43.6 Å². The zero-order chi connectivity index (χ0) is 28.2. The van der Waals surface area contributed by atoms with Crippen molar-refractivity contribution in [3.05, 3.63) is 108 Å². The molecule has 1 aliphatic rings. The van der Waals surface area contributed by atoms with Crippen LogP contribution in [0, 0.1) is 5.92 Å². The summed E-state index contributed by atoms with van der Waals surface area (Å²) in [5.41, 5.74) is 2.53. The number of likely N-dealkylation sites (tertiary alicyclic amines) is 1. The number of carbonyl (C=O) groups excluding carboxylic acids is 3. The number of nitrogens with zero attached hydrogens (tertiary/aromatic N) is 1. The number of hydrogen-bond acceptors (Lipinski definition) is 7. The normalized spacial score (nSPS) is 17.5. The molecular formula is C32H35NO7. The van der Waals surface area contributed by atoms with E-state index in [1.165, 1.54) is 4.90 Å². The third kappa shape index (κ3) is 8.68. The standard InChI is InChI=1S/C32H35NO7/c34-29(31(36)39-22-26-12-6-2-7-13-26)17-16-24-18-19-33(32(37)40-23-27-14-8-3-9-15-27)28(20-24)30(35)38-21-25-10-4-1-5-11-25/h1-15,24,28-29,34H,16-23H2. The van der Waals surface area contributed by atoms with Gasteiger partial charge >= 0.3 is 18.0 Å². The predicted molar refractivity (Wildman–Crippen MR) is 148 cm³/mol. The van der Waals surface area contributed by atoms with Crippen molar-refractivity contribution >= 4 is 18.0 Å². The Bertz CT molecular complexity index is 1220. The smallest absolute Gasteiger partial charge is 0.410 e. The number of rotatable bonds is 11. The molecule has 4 rings (SSSR count). The number of piperidine rings is 1. The van der Waals surface area contributed by atoms with Crippen molar-refractivity contribution in [1.29, 1.82) is 0 Å². The maximum Gasteiger partial charge on any atom is 0.410 e. The molecule has 1 heterocycles. The summed E-state index contributed by atoms with van der Waals surface area (Å²) in [5.74, 6) is -1.18. The van der Waals surface area contributed by atoms with Crippen molar-refractivity contribution in [3.8, 4) is 0 Å². The third-order valence-corrected chi connectivity index (χ3v) is 6.99. The minimum absolute atomic E-state index is 0.00372. The first-order valence-electron chi connectivity index (χ1n) is 13.6. The van der Waals surface area contributed by atoms with Gasteiger partial charge in [0.1, 0.15) is 25.9 Å². The summed E-state index contributed by atoms with van der Waals surface area (Å²) < 4.78 is 16.3. The van der Waals surface area contributed by atoms with Crippen LogP contribution in [0.2, 0.25) is 0 Å². The number of amides is 1. The van der Waals surface area contributed by atoms with Crippen molar-refractivity contribution in [1.82, 2.24) is 4.90 Å². The van der Waals surface area contributed by atoms with Gasteiger partial charge in [-0.1, -0.05) is 91.0 Å². The molecule has 0 saturated carbocycles. The summed E-state index contributed by atoms with van der Waals surface area (Å²) in [4.78, 5) is 39.9. The van der Waals surface area contributed by atoms with Gasteiger partial charge in [-0.3, -0.25) is 4.90 Å². The SMILES string of the molecule is O=C(OCc1ccccc1)C(O)CCC1CCN(C(=O)OCc2ccccc2)C(C(=O)OCc2ccccc2)C1. The lowest BCUT2D eigenvalue weighted by Crippen LogP contribution is -2.51. The molecule has 0 aliphatic carbocycles. The predicted octanol–water partition coefficient (Wildman–Crippen LogP) is 5.03. The molecule has 1 N–H and O–H groups in total. The van der Waals surface area contributed by atoms with Crippen LogP contribution in [0.5, 0.6) is 0 Å². The van der Waals surface area contributed by atoms with E-state index >= 15 is 0 Å². The van der Waals surface area contributed by atoms with Crippen LogP contribution in [0.1, 0.15) is 42.4 Å². The molecule has 8 nitrogen and oxygen atoms in total. The highest BCUT2D eigenvalue weighted by Gasteiger charge is 2.38. The number of hydrogen-bond donors (Lipinski definition) is 1. The van der Waals surface area contributed by atoms with E-state index in [4.69, 9.17) is 14.2 Å². The first-order chi connectivity index (χ1) is 19.5. The summed E-state index contributed by atoms with van der Waals surface area (Å²) in [7, 11) is 0. The second-order valence-electron chi connectivity index (χ2n) is 9.92. The van der Waals surface area contributed by atoms with Gasteiger partial charge in [0.25, 0.3) is 0 Å². The highest BCUT2D eigenvalue weighted by atomic mass is 16.6. The van der Waals surface area contributed by atoms with Crippen LogP contribution < -0.4 is 0 Å². The first kappa shape index (κ1) is 28.8. The second kappa shape index (κ2) is 14.8. The van der Waals surface area contributed by atoms with Crippen molar-refractivity contribution in [2.75, 3.05) is 6.54 Å². The molecule has 0 bridgehead atoms. The molecule has 3 unspecified atom stereocenters. The van der Waals surface area contributed by atoms with E-state index in [2.05, 4.69) is 0 Å². The van der Waals surface area contributed by atoms with Gasteiger partial charge in [0.05, 0.1) is 0 Å². The molecule has 1 amide bonds. The number of aliphatic hydroxyl groups excluding tert-OH is 1. The minimum atomic E-state index is -1.26. The molecule has 3 aromatic carbocycles. The Morgan fingerprint density at radius 1 is 0.750 bits per heavy atom. The molecule has 1 fully saturated rings. The number of carbonyl (C=O) groups is 3. The summed E-state index contributed by atoms with van der Waals surface area (Å²) in [6.07, 6.45) is -0.192. The van der Waals surface area contributed by atoms with Crippen LogP contribution in [0.4, 0.5) is 4.79 Å². The Morgan fingerprint density at radius 3 is 1.80 bits per heavy atom. The minimum Gasteiger partial charge on any atom is -0.459 e. The fourth-order valence-electron chi connectivity index (χ4n) is 4.71. The Kier molecular flexibility index (Phi) is 10.7. The van der Waals surface area contributed by atoms with E-state index in [-0.39, 0.29) is 32.2 Å². The van der Waals surface area contributed by atoms with E-state index in [0.717, 1.165) is 16.7 Å². The van der Waals surface area contributed by atoms with Crippen molar-refractivity contribution in [3.63, 3.8) is 0 Å². The third-order valence-electron chi connectivity index (χ3n) is 6.99. The van der Waals surface area contributed by atoms with Crippen LogP contribution in [0.3, 0.4) is 0 Å². The van der Waals surface area contributed by atoms with E-state index in [1.54, 1.807) is 0 Å². The lowest BCUT2D eigenvalue weighted by atomic mass is 9.86. The molecule has 210 valence electrons. The zero-order valence-electron chi connectivity index (χ0n) is 22.4. The van der Waals surface area contributed by atoms with E-state index in [0.29, 0.717) is 25.8 Å². The molecule has 3 atom stereocenters. The fraction of sp³-hybridized carbons (Fsp3) is 0.344. The molecule has 3 aromatic rings. The van der Waals surface area contributed by atoms with Gasteiger partial charge in [0.2, 0.25) is 0 Å². The summed E-state index contributed by atoms with van der Waals surface area (Å²) in [6.45, 7) is 0.593. The lowest BCUT2D eigenvalue weighted by molar-refractivity contribution is -0.156. The quantitative estimate of drug-likeness (QED) is 0.266. The lowest BCUT2D eigenvalue weighted by Gasteiger charge is -2.37. The molecule has 40 heavy (non-hydrogen) atoms. The largest absolute Gasteiger partial charge is 0.459 e. The Morgan fingerprint density at radius 2 is 1.25 bits per heavy atom. The second-order valence-corrected chi connectivity index (χ2v) is 9.92. The van der Waals surface area contributed by atoms with Gasteiger partial charge in [-0.05, 0) is 48.3 Å². The monoisotopic (exact) mass is 545 g/mol. The van der Waals surface area contributed by atoms with Gasteiger partial charge in [-0.15, -0.1) is 0 Å². The topological polar surface area (TPSA) is 102 Å². The fourth-order valence-corrected chi connectivity index (χ4v) is 4.71. The molecule has 1 aliphatic heterocycles. The van der Waals surface area contributed by atoms with Crippen LogP contribution >= 0.6 is 0 Å². The molecule has 0 radical (unpaired) electrons. The van der Waals surface area contributed by atoms with Gasteiger partial charge in [-0.25, -0.2) is 14.4 Å². The molecule has 0 spiro atoms. The van der Waals surface area contributed by atoms with E-state index < -0.39 is 30.2 Å². The van der Waals surface area contributed by atoms with Gasteiger partial charge in [-0.2, -0.15) is 0 Å². The van der Waals surface area contributed by atoms with Crippen molar-refractivity contribution in [2.24, 2.45) is 5.92 Å². The van der Waals surface area contributed by atoms with Crippen LogP contribution in [0.25, 0.3) is 0 Å². The number of benzene rings is 3. The Hall–Kier alpha value is -4.17. The van der Waals surface area contributed by atoms with Gasteiger partial charge in [0.15, 0.2) is 6.10 Å². The highest BCUT2D eigenvalue weighted by Crippen LogP contribution is 2.29. The maximum absolute atomic E-state index is 13.2. The Balaban J connectivity index is 1.32. The van der Waals surface area contributed by atoms with E-state index in [1.807, 2.05) is 91.0 Å². The molecular weight excluding hydrogens is 510 g/mol. The molecule has 0 aromatic heterocycles. The summed E-state index contributed by atoms with van der Waals surface area (Å²) >= 11 is 0. The summed E-state index contributed by atoms with van der Waals surface area (Å²) in [5, 5.41) is 10.4. The van der Waals surface area contributed by atoms with Crippen LogP contribution in [-0.4, -0.2) is 46.7 Å². The van der Waals surface area contributed by atoms with Gasteiger partial charge in [0, 0.05) is 6.54 Å². The number of esters is 2. The van der Waals surface area contributed by atoms with Crippen molar-refractivity contribution < 1.29 is 33.7 Å². The maximum atomic E-state index is 13.2. The Labute approximate surface area is 234 Å². The zero-order valence-corrected chi connectivity index (χ0v) is 22.4. The average molecular weight is 546 g/mol. The first-order valence-corrected chi connectivity index (χ1v) is 13.6. The number of aliphatic hydroxyl groups is 1. The molecule has 1 saturated heterocycles. The average Bonchev–Trinajstić information content (AvgIpc) is 3.01.